The second-order valence-electron chi connectivity index (χ2n) is 4.27. The van der Waals surface area contributed by atoms with Gasteiger partial charge < -0.3 is 4.74 Å². The minimum absolute atomic E-state index is 0.110. The maximum atomic E-state index is 13.3. The molecule has 0 atom stereocenters. The summed E-state index contributed by atoms with van der Waals surface area (Å²) in [5, 5.41) is 10.7. The lowest BCUT2D eigenvalue weighted by atomic mass is 10.1. The maximum absolute atomic E-state index is 13.3. The molecule has 0 spiro atoms. The second-order valence-corrected chi connectivity index (χ2v) is 4.27. The summed E-state index contributed by atoms with van der Waals surface area (Å²) in [6, 6.07) is 8.70. The van der Waals surface area contributed by atoms with E-state index in [4.69, 9.17) is 4.74 Å². The van der Waals surface area contributed by atoms with E-state index >= 15 is 0 Å². The lowest BCUT2D eigenvalue weighted by Crippen LogP contribution is -1.93. The van der Waals surface area contributed by atoms with Gasteiger partial charge in [0.25, 0.3) is 5.69 Å². The topological polar surface area (TPSA) is 52.4 Å². The molecule has 19 heavy (non-hydrogen) atoms. The Kier molecular flexibility index (Phi) is 3.46. The molecule has 98 valence electrons. The van der Waals surface area contributed by atoms with Crippen LogP contribution >= 0.6 is 0 Å². The summed E-state index contributed by atoms with van der Waals surface area (Å²) >= 11 is 0. The highest BCUT2D eigenvalue weighted by Crippen LogP contribution is 2.29. The first-order valence-electron chi connectivity index (χ1n) is 5.66. The number of hydrogen-bond donors (Lipinski definition) is 0. The van der Waals surface area contributed by atoms with Crippen molar-refractivity contribution in [3.05, 3.63) is 63.5 Å². The average Bonchev–Trinajstić information content (AvgIpc) is 2.32. The third kappa shape index (κ3) is 3.07. The fourth-order valence-corrected chi connectivity index (χ4v) is 1.75. The minimum atomic E-state index is -0.700. The van der Waals surface area contributed by atoms with E-state index < -0.39 is 10.7 Å². The molecule has 0 aliphatic rings. The molecule has 2 rings (SSSR count). The van der Waals surface area contributed by atoms with Crippen LogP contribution in [0.15, 0.2) is 36.4 Å². The average molecular weight is 261 g/mol. The second kappa shape index (κ2) is 5.06. The summed E-state index contributed by atoms with van der Waals surface area (Å²) in [5.74, 6) is -0.0434. The van der Waals surface area contributed by atoms with Gasteiger partial charge in [0.1, 0.15) is 17.3 Å². The Morgan fingerprint density at radius 1 is 1.16 bits per heavy atom. The van der Waals surface area contributed by atoms with Crippen LogP contribution in [0, 0.1) is 29.8 Å². The lowest BCUT2D eigenvalue weighted by Gasteiger charge is -2.09. The van der Waals surface area contributed by atoms with Gasteiger partial charge >= 0.3 is 0 Å². The van der Waals surface area contributed by atoms with Crippen molar-refractivity contribution < 1.29 is 14.1 Å². The summed E-state index contributed by atoms with van der Waals surface area (Å²) in [6.07, 6.45) is 0. The van der Waals surface area contributed by atoms with Gasteiger partial charge in [0.2, 0.25) is 0 Å². The van der Waals surface area contributed by atoms with E-state index in [1.54, 1.807) is 6.07 Å². The molecule has 0 aliphatic heterocycles. The number of halogens is 1. The van der Waals surface area contributed by atoms with Gasteiger partial charge in [-0.2, -0.15) is 0 Å². The van der Waals surface area contributed by atoms with Crippen molar-refractivity contribution in [3.63, 3.8) is 0 Å². The summed E-state index contributed by atoms with van der Waals surface area (Å²) in [6.45, 7) is 3.81. The van der Waals surface area contributed by atoms with Gasteiger partial charge in [-0.25, -0.2) is 4.39 Å². The normalized spacial score (nSPS) is 10.3. The number of benzene rings is 2. The van der Waals surface area contributed by atoms with Gasteiger partial charge in [-0.05, 0) is 25.5 Å². The fourth-order valence-electron chi connectivity index (χ4n) is 1.75. The molecule has 2 aromatic carbocycles. The molecule has 0 amide bonds. The standard InChI is InChI=1S/C14H12FNO3/c1-9-3-4-14(10(2)5-9)19-13-7-11(15)6-12(8-13)16(17)18/h3-8H,1-2H3. The fraction of sp³-hybridized carbons (Fsp3) is 0.143. The van der Waals surface area contributed by atoms with Crippen molar-refractivity contribution in [1.29, 1.82) is 0 Å². The predicted octanol–water partition coefficient (Wildman–Crippen LogP) is 4.14. The zero-order valence-electron chi connectivity index (χ0n) is 10.5. The van der Waals surface area contributed by atoms with Gasteiger partial charge in [-0.15, -0.1) is 0 Å². The molecule has 0 aromatic heterocycles. The van der Waals surface area contributed by atoms with Crippen molar-refractivity contribution in [2.24, 2.45) is 0 Å². The van der Waals surface area contributed by atoms with Crippen LogP contribution in [-0.2, 0) is 0 Å². The van der Waals surface area contributed by atoms with E-state index in [9.17, 15) is 14.5 Å². The predicted molar refractivity (Wildman–Crippen MR) is 69.0 cm³/mol. The van der Waals surface area contributed by atoms with Gasteiger partial charge in [-0.1, -0.05) is 17.7 Å². The first-order chi connectivity index (χ1) is 8.95. The van der Waals surface area contributed by atoms with Crippen LogP contribution in [0.5, 0.6) is 11.5 Å². The van der Waals surface area contributed by atoms with Gasteiger partial charge in [0, 0.05) is 6.07 Å². The van der Waals surface area contributed by atoms with Crippen molar-refractivity contribution >= 4 is 5.69 Å². The molecule has 0 saturated heterocycles. The highest BCUT2D eigenvalue weighted by atomic mass is 19.1. The quantitative estimate of drug-likeness (QED) is 0.616. The van der Waals surface area contributed by atoms with E-state index in [0.29, 0.717) is 5.75 Å². The molecular weight excluding hydrogens is 249 g/mol. The summed E-state index contributed by atoms with van der Waals surface area (Å²) in [4.78, 5) is 10.00. The number of rotatable bonds is 3. The number of non-ortho nitro benzene ring substituents is 1. The number of hydrogen-bond acceptors (Lipinski definition) is 3. The Morgan fingerprint density at radius 2 is 1.89 bits per heavy atom. The molecule has 4 nitrogen and oxygen atoms in total. The Hall–Kier alpha value is -2.43. The van der Waals surface area contributed by atoms with Gasteiger partial charge in [0.15, 0.2) is 0 Å². The highest BCUT2D eigenvalue weighted by molar-refractivity contribution is 5.43. The molecule has 0 heterocycles. The van der Waals surface area contributed by atoms with E-state index in [1.165, 1.54) is 6.07 Å². The molecular formula is C14H12FNO3. The summed E-state index contributed by atoms with van der Waals surface area (Å²) in [7, 11) is 0. The van der Waals surface area contributed by atoms with Crippen molar-refractivity contribution in [2.45, 2.75) is 13.8 Å². The Bertz CT molecular complexity index is 641. The molecule has 0 unspecified atom stereocenters. The van der Waals surface area contributed by atoms with E-state index in [2.05, 4.69) is 0 Å². The van der Waals surface area contributed by atoms with E-state index in [-0.39, 0.29) is 11.4 Å². The van der Waals surface area contributed by atoms with Crippen LogP contribution < -0.4 is 4.74 Å². The number of nitrogens with zero attached hydrogens (tertiary/aromatic N) is 1. The molecule has 0 aliphatic carbocycles. The number of ether oxygens (including phenoxy) is 1. The lowest BCUT2D eigenvalue weighted by molar-refractivity contribution is -0.385. The third-order valence-electron chi connectivity index (χ3n) is 2.63. The van der Waals surface area contributed by atoms with Crippen molar-refractivity contribution in [3.8, 4) is 11.5 Å². The number of aryl methyl sites for hydroxylation is 2. The monoisotopic (exact) mass is 261 g/mol. The largest absolute Gasteiger partial charge is 0.457 e. The van der Waals surface area contributed by atoms with Crippen LogP contribution in [0.1, 0.15) is 11.1 Å². The number of nitro groups is 1. The molecule has 0 N–H and O–H groups in total. The summed E-state index contributed by atoms with van der Waals surface area (Å²) in [5.41, 5.74) is 1.63. The van der Waals surface area contributed by atoms with E-state index in [1.807, 2.05) is 26.0 Å². The van der Waals surface area contributed by atoms with Crippen LogP contribution in [0.25, 0.3) is 0 Å². The van der Waals surface area contributed by atoms with Crippen LogP contribution in [0.4, 0.5) is 10.1 Å². The Labute approximate surface area is 109 Å². The zero-order chi connectivity index (χ0) is 14.0. The molecule has 0 bridgehead atoms. The summed E-state index contributed by atoms with van der Waals surface area (Å²) < 4.78 is 18.8. The highest BCUT2D eigenvalue weighted by Gasteiger charge is 2.11. The minimum Gasteiger partial charge on any atom is -0.457 e. The third-order valence-corrected chi connectivity index (χ3v) is 2.63. The first-order valence-corrected chi connectivity index (χ1v) is 5.66. The van der Waals surface area contributed by atoms with Gasteiger partial charge in [-0.3, -0.25) is 10.1 Å². The zero-order valence-corrected chi connectivity index (χ0v) is 10.5. The smallest absolute Gasteiger partial charge is 0.276 e. The van der Waals surface area contributed by atoms with Crippen LogP contribution in [0.3, 0.4) is 0 Å². The van der Waals surface area contributed by atoms with Crippen LogP contribution in [0.2, 0.25) is 0 Å². The molecule has 0 saturated carbocycles. The Balaban J connectivity index is 2.35. The molecule has 0 radical (unpaired) electrons. The molecule has 2 aromatic rings. The van der Waals surface area contributed by atoms with Crippen molar-refractivity contribution in [2.75, 3.05) is 0 Å². The first kappa shape index (κ1) is 13.0. The van der Waals surface area contributed by atoms with Crippen LogP contribution in [-0.4, -0.2) is 4.92 Å². The molecule has 5 heteroatoms. The Morgan fingerprint density at radius 3 is 2.53 bits per heavy atom. The maximum Gasteiger partial charge on any atom is 0.276 e. The molecule has 0 fully saturated rings. The number of nitro benzene ring substituents is 1. The van der Waals surface area contributed by atoms with E-state index in [0.717, 1.165) is 23.3 Å². The van der Waals surface area contributed by atoms with Gasteiger partial charge in [0.05, 0.1) is 17.1 Å². The SMILES string of the molecule is Cc1ccc(Oc2cc(F)cc([N+](=O)[O-])c2)c(C)c1. The van der Waals surface area contributed by atoms with Crippen molar-refractivity contribution in [1.82, 2.24) is 0 Å².